The second kappa shape index (κ2) is 5.55. The molecule has 0 amide bonds. The van der Waals surface area contributed by atoms with Crippen LogP contribution in [0.1, 0.15) is 50.2 Å². The van der Waals surface area contributed by atoms with Crippen LogP contribution in [-0.4, -0.2) is 12.6 Å². The summed E-state index contributed by atoms with van der Waals surface area (Å²) in [5, 5.41) is 0. The second-order valence-electron chi connectivity index (χ2n) is 6.18. The number of fused-ring (bicyclic) bond motifs is 1. The fraction of sp³-hybridized carbons (Fsp3) is 0.500. The highest BCUT2D eigenvalue weighted by Gasteiger charge is 2.44. The second-order valence-corrected chi connectivity index (χ2v) is 6.18. The summed E-state index contributed by atoms with van der Waals surface area (Å²) in [5.41, 5.74) is 9.95. The monoisotopic (exact) mass is 285 g/mol. The van der Waals surface area contributed by atoms with E-state index in [4.69, 9.17) is 10.5 Å². The van der Waals surface area contributed by atoms with Gasteiger partial charge in [-0.25, -0.2) is 4.79 Å². The highest BCUT2D eigenvalue weighted by molar-refractivity contribution is 5.99. The van der Waals surface area contributed by atoms with E-state index in [0.29, 0.717) is 12.3 Å². The molecule has 1 spiro atoms. The summed E-state index contributed by atoms with van der Waals surface area (Å²) < 4.78 is 5.32. The zero-order chi connectivity index (χ0) is 14.9. The molecule has 0 unspecified atom stereocenters. The molecule has 0 atom stereocenters. The Morgan fingerprint density at radius 3 is 2.67 bits per heavy atom. The van der Waals surface area contributed by atoms with E-state index in [1.165, 1.54) is 24.8 Å². The number of rotatable bonds is 2. The summed E-state index contributed by atoms with van der Waals surface area (Å²) in [6.45, 7) is 2.24. The third kappa shape index (κ3) is 2.35. The minimum atomic E-state index is -0.216. The van der Waals surface area contributed by atoms with Gasteiger partial charge in [0, 0.05) is 11.0 Å². The molecule has 0 aromatic heterocycles. The Balaban J connectivity index is 2.13. The lowest BCUT2D eigenvalue weighted by Crippen LogP contribution is -2.38. The maximum atomic E-state index is 12.5. The number of benzene rings is 1. The Kier molecular flexibility index (Phi) is 3.75. The zero-order valence-electron chi connectivity index (χ0n) is 12.7. The Labute approximate surface area is 126 Å². The molecule has 0 aliphatic heterocycles. The third-order valence-corrected chi connectivity index (χ3v) is 4.93. The molecule has 1 fully saturated rings. The molecule has 0 heterocycles. The molecule has 2 aliphatic rings. The van der Waals surface area contributed by atoms with Gasteiger partial charge in [0.1, 0.15) is 0 Å². The molecule has 2 aliphatic carbocycles. The third-order valence-electron chi connectivity index (χ3n) is 4.93. The van der Waals surface area contributed by atoms with Gasteiger partial charge in [0.25, 0.3) is 0 Å². The molecule has 21 heavy (non-hydrogen) atoms. The smallest absolute Gasteiger partial charge is 0.336 e. The van der Waals surface area contributed by atoms with E-state index in [2.05, 4.69) is 12.1 Å². The Morgan fingerprint density at radius 2 is 1.95 bits per heavy atom. The summed E-state index contributed by atoms with van der Waals surface area (Å²) in [5.74, 6) is -0.216. The van der Waals surface area contributed by atoms with Crippen molar-refractivity contribution in [3.8, 4) is 0 Å². The van der Waals surface area contributed by atoms with Gasteiger partial charge >= 0.3 is 5.97 Å². The summed E-state index contributed by atoms with van der Waals surface area (Å²) in [6, 6.07) is 8.19. The van der Waals surface area contributed by atoms with Crippen LogP contribution >= 0.6 is 0 Å². The number of hydrogen-bond donors (Lipinski definition) is 1. The highest BCUT2D eigenvalue weighted by Crippen LogP contribution is 2.50. The van der Waals surface area contributed by atoms with E-state index < -0.39 is 0 Å². The van der Waals surface area contributed by atoms with E-state index in [-0.39, 0.29) is 11.4 Å². The van der Waals surface area contributed by atoms with Gasteiger partial charge in [-0.1, -0.05) is 43.5 Å². The van der Waals surface area contributed by atoms with Crippen molar-refractivity contribution in [3.63, 3.8) is 0 Å². The predicted octanol–water partition coefficient (Wildman–Crippen LogP) is 3.43. The van der Waals surface area contributed by atoms with Gasteiger partial charge in [0.15, 0.2) is 0 Å². The van der Waals surface area contributed by atoms with E-state index >= 15 is 0 Å². The number of carbonyl (C=O) groups excluding carboxylic acids is 1. The Morgan fingerprint density at radius 1 is 1.24 bits per heavy atom. The zero-order valence-corrected chi connectivity index (χ0v) is 12.7. The largest absolute Gasteiger partial charge is 0.463 e. The molecule has 1 aromatic carbocycles. The molecule has 3 heteroatoms. The maximum absolute atomic E-state index is 12.5. The first kappa shape index (κ1) is 14.2. The highest BCUT2D eigenvalue weighted by atomic mass is 16.5. The van der Waals surface area contributed by atoms with Crippen molar-refractivity contribution in [3.05, 3.63) is 41.0 Å². The Bertz CT molecular complexity index is 583. The minimum absolute atomic E-state index is 0.108. The molecular weight excluding hydrogens is 262 g/mol. The molecule has 2 N–H and O–H groups in total. The molecule has 0 bridgehead atoms. The molecule has 3 nitrogen and oxygen atoms in total. The van der Waals surface area contributed by atoms with Gasteiger partial charge in [0.2, 0.25) is 0 Å². The van der Waals surface area contributed by atoms with Crippen LogP contribution in [0.15, 0.2) is 29.8 Å². The summed E-state index contributed by atoms with van der Waals surface area (Å²) in [6.07, 6.45) is 6.57. The van der Waals surface area contributed by atoms with Crippen LogP contribution in [0.4, 0.5) is 0 Å². The van der Waals surface area contributed by atoms with Crippen molar-refractivity contribution in [2.45, 2.75) is 45.4 Å². The van der Waals surface area contributed by atoms with E-state index in [1.807, 2.05) is 19.1 Å². The molecule has 1 saturated carbocycles. The van der Waals surface area contributed by atoms with Crippen molar-refractivity contribution < 1.29 is 9.53 Å². The van der Waals surface area contributed by atoms with Gasteiger partial charge in [-0.05, 0) is 31.7 Å². The first-order valence-electron chi connectivity index (χ1n) is 7.93. The van der Waals surface area contributed by atoms with Crippen LogP contribution in [0.25, 0.3) is 5.70 Å². The topological polar surface area (TPSA) is 52.3 Å². The SMILES string of the molecule is CCOC(=O)C1=C(N)c2ccccc2CC12CCCCC2. The predicted molar refractivity (Wildman–Crippen MR) is 83.4 cm³/mol. The van der Waals surface area contributed by atoms with Crippen molar-refractivity contribution >= 4 is 11.7 Å². The lowest BCUT2D eigenvalue weighted by Gasteiger charge is -2.42. The van der Waals surface area contributed by atoms with Crippen LogP contribution in [0.5, 0.6) is 0 Å². The number of esters is 1. The van der Waals surface area contributed by atoms with Crippen LogP contribution in [0, 0.1) is 5.41 Å². The van der Waals surface area contributed by atoms with E-state index in [1.54, 1.807) is 0 Å². The number of hydrogen-bond acceptors (Lipinski definition) is 3. The van der Waals surface area contributed by atoms with Crippen molar-refractivity contribution in [2.75, 3.05) is 6.61 Å². The van der Waals surface area contributed by atoms with Crippen LogP contribution < -0.4 is 5.73 Å². The standard InChI is InChI=1S/C18H23NO2/c1-2-21-17(20)15-16(19)14-9-5-4-8-13(14)12-18(15)10-6-3-7-11-18/h4-5,8-9H,2-3,6-7,10-12,19H2,1H3. The van der Waals surface area contributed by atoms with Crippen LogP contribution in [0.2, 0.25) is 0 Å². The van der Waals surface area contributed by atoms with Gasteiger partial charge in [-0.15, -0.1) is 0 Å². The summed E-state index contributed by atoms with van der Waals surface area (Å²) >= 11 is 0. The average molecular weight is 285 g/mol. The lowest BCUT2D eigenvalue weighted by atomic mass is 9.62. The molecule has 0 saturated heterocycles. The van der Waals surface area contributed by atoms with Crippen molar-refractivity contribution in [2.24, 2.45) is 11.1 Å². The van der Waals surface area contributed by atoms with Crippen LogP contribution in [0.3, 0.4) is 0 Å². The molecule has 1 aromatic rings. The van der Waals surface area contributed by atoms with Gasteiger partial charge < -0.3 is 10.5 Å². The minimum Gasteiger partial charge on any atom is -0.463 e. The summed E-state index contributed by atoms with van der Waals surface area (Å²) in [7, 11) is 0. The van der Waals surface area contributed by atoms with Crippen molar-refractivity contribution in [1.82, 2.24) is 0 Å². The number of nitrogens with two attached hydrogens (primary N) is 1. The molecule has 3 rings (SSSR count). The van der Waals surface area contributed by atoms with Gasteiger partial charge in [-0.2, -0.15) is 0 Å². The van der Waals surface area contributed by atoms with Crippen LogP contribution in [-0.2, 0) is 16.0 Å². The molecule has 112 valence electrons. The number of ether oxygens (including phenoxy) is 1. The Hall–Kier alpha value is -1.77. The fourth-order valence-electron chi connectivity index (χ4n) is 4.00. The summed E-state index contributed by atoms with van der Waals surface area (Å²) in [4.78, 5) is 12.5. The van der Waals surface area contributed by atoms with Crippen molar-refractivity contribution in [1.29, 1.82) is 0 Å². The average Bonchev–Trinajstić information content (AvgIpc) is 2.48. The van der Waals surface area contributed by atoms with E-state index in [9.17, 15) is 4.79 Å². The normalized spacial score (nSPS) is 20.2. The molecule has 0 radical (unpaired) electrons. The first-order chi connectivity index (χ1) is 10.2. The van der Waals surface area contributed by atoms with Gasteiger partial charge in [0.05, 0.1) is 17.9 Å². The van der Waals surface area contributed by atoms with Gasteiger partial charge in [-0.3, -0.25) is 0 Å². The maximum Gasteiger partial charge on any atom is 0.336 e. The lowest BCUT2D eigenvalue weighted by molar-refractivity contribution is -0.140. The quantitative estimate of drug-likeness (QED) is 0.847. The first-order valence-corrected chi connectivity index (χ1v) is 7.93. The van der Waals surface area contributed by atoms with E-state index in [0.717, 1.165) is 30.4 Å². The molecular formula is C18H23NO2. The fourth-order valence-corrected chi connectivity index (χ4v) is 4.00. The number of carbonyl (C=O) groups is 1.